The van der Waals surface area contributed by atoms with Crippen LogP contribution in [-0.2, 0) is 11.3 Å². The van der Waals surface area contributed by atoms with E-state index in [0.29, 0.717) is 30.2 Å². The number of nitrogens with one attached hydrogen (secondary N) is 2. The van der Waals surface area contributed by atoms with Crippen LogP contribution in [0.15, 0.2) is 12.1 Å². The average Bonchev–Trinajstić information content (AvgIpc) is 2.59. The minimum atomic E-state index is 0.0184. The number of hydrogen-bond donors (Lipinski definition) is 2. The number of hydrogen-bond acceptors (Lipinski definition) is 6. The lowest BCUT2D eigenvalue weighted by molar-refractivity contribution is -0.121. The van der Waals surface area contributed by atoms with Crippen LogP contribution >= 0.6 is 11.8 Å². The van der Waals surface area contributed by atoms with Crippen molar-refractivity contribution in [2.45, 2.75) is 19.0 Å². The number of ether oxygens (including phenoxy) is 3. The number of amides is 1. The summed E-state index contributed by atoms with van der Waals surface area (Å²) in [6.45, 7) is 1.32. The third-order valence-electron chi connectivity index (χ3n) is 3.71. The number of benzene rings is 1. The molecule has 1 fully saturated rings. The zero-order chi connectivity index (χ0) is 16.7. The summed E-state index contributed by atoms with van der Waals surface area (Å²) in [6, 6.07) is 3.81. The van der Waals surface area contributed by atoms with E-state index in [1.807, 2.05) is 11.8 Å². The van der Waals surface area contributed by atoms with Gasteiger partial charge in [0, 0.05) is 42.6 Å². The van der Waals surface area contributed by atoms with Crippen molar-refractivity contribution in [3.63, 3.8) is 0 Å². The molecule has 1 aromatic rings. The van der Waals surface area contributed by atoms with Gasteiger partial charge in [0.15, 0.2) is 0 Å². The van der Waals surface area contributed by atoms with Gasteiger partial charge in [-0.15, -0.1) is 0 Å². The van der Waals surface area contributed by atoms with E-state index < -0.39 is 0 Å². The maximum Gasteiger partial charge on any atom is 0.221 e. The maximum atomic E-state index is 12.1. The molecule has 2 rings (SSSR count). The van der Waals surface area contributed by atoms with Gasteiger partial charge in [-0.05, 0) is 0 Å². The van der Waals surface area contributed by atoms with Crippen LogP contribution in [0.1, 0.15) is 12.0 Å². The molecular weight excluding hydrogens is 316 g/mol. The molecule has 23 heavy (non-hydrogen) atoms. The topological polar surface area (TPSA) is 68.8 Å². The van der Waals surface area contributed by atoms with Gasteiger partial charge in [0.1, 0.15) is 17.2 Å². The normalized spacial score (nSPS) is 17.4. The van der Waals surface area contributed by atoms with E-state index in [1.54, 1.807) is 33.5 Å². The maximum absolute atomic E-state index is 12.1. The Labute approximate surface area is 141 Å². The lowest BCUT2D eigenvalue weighted by Crippen LogP contribution is -2.41. The van der Waals surface area contributed by atoms with Crippen molar-refractivity contribution in [2.75, 3.05) is 39.4 Å². The summed E-state index contributed by atoms with van der Waals surface area (Å²) in [5, 5.41) is 6.30. The van der Waals surface area contributed by atoms with E-state index in [1.165, 1.54) is 0 Å². The lowest BCUT2D eigenvalue weighted by atomic mass is 10.1. The minimum Gasteiger partial charge on any atom is -0.496 e. The number of carbonyl (C=O) groups excluding carboxylic acids is 1. The van der Waals surface area contributed by atoms with Crippen LogP contribution in [0.25, 0.3) is 0 Å². The summed E-state index contributed by atoms with van der Waals surface area (Å²) in [6.07, 6.45) is 0.480. The van der Waals surface area contributed by atoms with Gasteiger partial charge in [-0.25, -0.2) is 0 Å². The van der Waals surface area contributed by atoms with Crippen LogP contribution in [0.5, 0.6) is 17.2 Å². The molecule has 0 spiro atoms. The zero-order valence-electron chi connectivity index (χ0n) is 13.8. The van der Waals surface area contributed by atoms with Crippen LogP contribution in [0, 0.1) is 0 Å². The first kappa shape index (κ1) is 17.7. The van der Waals surface area contributed by atoms with Crippen molar-refractivity contribution in [3.8, 4) is 17.2 Å². The molecule has 7 heteroatoms. The van der Waals surface area contributed by atoms with Gasteiger partial charge in [-0.2, -0.15) is 11.8 Å². The van der Waals surface area contributed by atoms with E-state index >= 15 is 0 Å². The highest BCUT2D eigenvalue weighted by Gasteiger charge is 2.18. The highest BCUT2D eigenvalue weighted by Crippen LogP contribution is 2.33. The molecule has 0 bridgehead atoms. The summed E-state index contributed by atoms with van der Waals surface area (Å²) in [7, 11) is 4.76. The Morgan fingerprint density at radius 3 is 2.48 bits per heavy atom. The molecule has 1 heterocycles. The fourth-order valence-corrected chi connectivity index (χ4v) is 3.43. The molecule has 1 amide bonds. The Kier molecular flexibility index (Phi) is 6.85. The molecular formula is C16H24N2O4S. The first-order chi connectivity index (χ1) is 11.2. The van der Waals surface area contributed by atoms with Crippen molar-refractivity contribution in [1.29, 1.82) is 0 Å². The summed E-state index contributed by atoms with van der Waals surface area (Å²) in [5.41, 5.74) is 0.801. The molecule has 0 aromatic heterocycles. The second-order valence-electron chi connectivity index (χ2n) is 5.22. The standard InChI is InChI=1S/C16H24N2O4S/c1-20-12-7-14(21-2)13(15(8-12)22-3)9-18-16(19)6-11-10-23-5-4-17-11/h7-8,11,17H,4-6,9-10H2,1-3H3,(H,18,19). The molecule has 0 aliphatic carbocycles. The number of methoxy groups -OCH3 is 3. The van der Waals surface area contributed by atoms with Crippen molar-refractivity contribution in [1.82, 2.24) is 10.6 Å². The second kappa shape index (κ2) is 8.88. The van der Waals surface area contributed by atoms with E-state index in [-0.39, 0.29) is 11.9 Å². The van der Waals surface area contributed by atoms with Crippen LogP contribution < -0.4 is 24.8 Å². The highest BCUT2D eigenvalue weighted by molar-refractivity contribution is 7.99. The molecule has 2 N–H and O–H groups in total. The Hall–Kier alpha value is -1.60. The van der Waals surface area contributed by atoms with Crippen LogP contribution in [0.3, 0.4) is 0 Å². The van der Waals surface area contributed by atoms with Gasteiger partial charge in [-0.3, -0.25) is 4.79 Å². The SMILES string of the molecule is COc1cc(OC)c(CNC(=O)CC2CSCCN2)c(OC)c1. The van der Waals surface area contributed by atoms with Crippen molar-refractivity contribution >= 4 is 17.7 Å². The lowest BCUT2D eigenvalue weighted by Gasteiger charge is -2.22. The predicted octanol–water partition coefficient (Wildman–Crippen LogP) is 1.42. The van der Waals surface area contributed by atoms with Gasteiger partial charge in [0.05, 0.1) is 33.4 Å². The first-order valence-electron chi connectivity index (χ1n) is 7.54. The second-order valence-corrected chi connectivity index (χ2v) is 6.37. The molecule has 0 radical (unpaired) electrons. The predicted molar refractivity (Wildman–Crippen MR) is 91.7 cm³/mol. The van der Waals surface area contributed by atoms with Crippen LogP contribution in [0.2, 0.25) is 0 Å². The molecule has 0 saturated carbocycles. The van der Waals surface area contributed by atoms with E-state index in [0.717, 1.165) is 23.6 Å². The Morgan fingerprint density at radius 1 is 1.26 bits per heavy atom. The van der Waals surface area contributed by atoms with Crippen LogP contribution in [0.4, 0.5) is 0 Å². The summed E-state index contributed by atoms with van der Waals surface area (Å²) in [4.78, 5) is 12.1. The third-order valence-corrected chi connectivity index (χ3v) is 4.84. The number of carbonyl (C=O) groups is 1. The van der Waals surface area contributed by atoms with Crippen molar-refractivity contribution < 1.29 is 19.0 Å². The minimum absolute atomic E-state index is 0.0184. The zero-order valence-corrected chi connectivity index (χ0v) is 14.6. The molecule has 1 atom stereocenters. The van der Waals surface area contributed by atoms with E-state index in [9.17, 15) is 4.79 Å². The fourth-order valence-electron chi connectivity index (χ4n) is 2.49. The quantitative estimate of drug-likeness (QED) is 0.782. The fraction of sp³-hybridized carbons (Fsp3) is 0.562. The molecule has 1 aromatic carbocycles. The summed E-state index contributed by atoms with van der Waals surface area (Å²) in [5.74, 6) is 4.02. The van der Waals surface area contributed by atoms with E-state index in [2.05, 4.69) is 10.6 Å². The van der Waals surface area contributed by atoms with Crippen LogP contribution in [-0.4, -0.2) is 51.3 Å². The summed E-state index contributed by atoms with van der Waals surface area (Å²) < 4.78 is 16.0. The highest BCUT2D eigenvalue weighted by atomic mass is 32.2. The Bertz CT molecular complexity index is 508. The Morgan fingerprint density at radius 2 is 1.96 bits per heavy atom. The monoisotopic (exact) mass is 340 g/mol. The number of thioether (sulfide) groups is 1. The molecule has 1 unspecified atom stereocenters. The number of rotatable bonds is 7. The smallest absolute Gasteiger partial charge is 0.221 e. The molecule has 1 saturated heterocycles. The molecule has 128 valence electrons. The Balaban J connectivity index is 1.99. The largest absolute Gasteiger partial charge is 0.496 e. The van der Waals surface area contributed by atoms with Gasteiger partial charge < -0.3 is 24.8 Å². The van der Waals surface area contributed by atoms with Gasteiger partial charge in [-0.1, -0.05) is 0 Å². The van der Waals surface area contributed by atoms with Gasteiger partial charge >= 0.3 is 0 Å². The van der Waals surface area contributed by atoms with Gasteiger partial charge in [0.25, 0.3) is 0 Å². The van der Waals surface area contributed by atoms with Crippen molar-refractivity contribution in [2.24, 2.45) is 0 Å². The van der Waals surface area contributed by atoms with Gasteiger partial charge in [0.2, 0.25) is 5.91 Å². The summed E-state index contributed by atoms with van der Waals surface area (Å²) >= 11 is 1.88. The molecule has 1 aliphatic heterocycles. The molecule has 6 nitrogen and oxygen atoms in total. The molecule has 1 aliphatic rings. The first-order valence-corrected chi connectivity index (χ1v) is 8.70. The third kappa shape index (κ3) is 4.94. The average molecular weight is 340 g/mol. The van der Waals surface area contributed by atoms with E-state index in [4.69, 9.17) is 14.2 Å². The van der Waals surface area contributed by atoms with Crippen molar-refractivity contribution in [3.05, 3.63) is 17.7 Å².